The molecule has 1 amide bonds. The molecule has 1 unspecified atom stereocenters. The third-order valence-electron chi connectivity index (χ3n) is 6.57. The summed E-state index contributed by atoms with van der Waals surface area (Å²) in [6.07, 6.45) is 0.533. The average molecular weight is 471 g/mol. The van der Waals surface area contributed by atoms with Gasteiger partial charge in [0.1, 0.15) is 0 Å². The Hall–Kier alpha value is -2.61. The molecule has 2 heterocycles. The Morgan fingerprint density at radius 2 is 2.09 bits per heavy atom. The van der Waals surface area contributed by atoms with Crippen molar-refractivity contribution in [1.82, 2.24) is 9.80 Å². The van der Waals surface area contributed by atoms with Gasteiger partial charge in [-0.3, -0.25) is 23.1 Å². The number of likely N-dealkylation sites (tertiary alicyclic amines) is 1. The Labute approximate surface area is 196 Å². The number of amides is 1. The minimum atomic E-state index is -2.83. The maximum Gasteiger partial charge on any atom is 0.227 e. The SMILES string of the molecule is CN(C(=O)Cc1ccc2c(c1)N(C)S(O)(O)C2)[C@H](CN1CCC(O)C1)c1cccc(C#N)c1. The van der Waals surface area contributed by atoms with Gasteiger partial charge in [0.25, 0.3) is 0 Å². The first-order valence-electron chi connectivity index (χ1n) is 11.0. The van der Waals surface area contributed by atoms with Crippen LogP contribution in [0, 0.1) is 11.3 Å². The van der Waals surface area contributed by atoms with Gasteiger partial charge in [0, 0.05) is 33.7 Å². The van der Waals surface area contributed by atoms with E-state index in [-0.39, 0.29) is 30.2 Å². The molecule has 9 heteroatoms. The van der Waals surface area contributed by atoms with Crippen molar-refractivity contribution < 1.29 is 19.0 Å². The topological polar surface area (TPSA) is 111 Å². The Morgan fingerprint density at radius 3 is 2.79 bits per heavy atom. The maximum absolute atomic E-state index is 13.3. The minimum Gasteiger partial charge on any atom is -0.392 e. The first-order valence-corrected chi connectivity index (χ1v) is 12.6. The number of aliphatic hydroxyl groups is 1. The lowest BCUT2D eigenvalue weighted by Crippen LogP contribution is -2.39. The van der Waals surface area contributed by atoms with Crippen LogP contribution in [-0.2, 0) is 17.0 Å². The summed E-state index contributed by atoms with van der Waals surface area (Å²) in [5, 5.41) is 19.3. The Kier molecular flexibility index (Phi) is 6.66. The standard InChI is InChI=1S/C24H30N4O4S/c1-26(24(30)12-17-6-7-20-16-33(31,32)27(2)22(20)11-17)23(15-28-9-8-21(29)14-28)19-5-3-4-18(10-19)13-25/h3-7,10-11,21,23,29,31-32H,8-9,12,14-16H2,1-2H3/t21?,23-/m1/s1. The smallest absolute Gasteiger partial charge is 0.227 e. The molecule has 176 valence electrons. The van der Waals surface area contributed by atoms with Crippen LogP contribution in [0.5, 0.6) is 0 Å². The molecule has 0 saturated carbocycles. The minimum absolute atomic E-state index is 0.0747. The van der Waals surface area contributed by atoms with E-state index in [0.717, 1.165) is 28.9 Å². The summed E-state index contributed by atoms with van der Waals surface area (Å²) in [5.74, 6) is 0.126. The first kappa shape index (κ1) is 23.5. The van der Waals surface area contributed by atoms with Gasteiger partial charge >= 0.3 is 0 Å². The summed E-state index contributed by atoms with van der Waals surface area (Å²) in [5.41, 5.74) is 3.83. The summed E-state index contributed by atoms with van der Waals surface area (Å²) in [7, 11) is 0.593. The molecule has 8 nitrogen and oxygen atoms in total. The van der Waals surface area contributed by atoms with E-state index in [1.54, 1.807) is 25.1 Å². The predicted octanol–water partition coefficient (Wildman–Crippen LogP) is 2.98. The summed E-state index contributed by atoms with van der Waals surface area (Å²) in [6.45, 7) is 1.91. The molecule has 2 aliphatic heterocycles. The number of anilines is 1. The van der Waals surface area contributed by atoms with Crippen LogP contribution in [0.3, 0.4) is 0 Å². The van der Waals surface area contributed by atoms with Crippen LogP contribution in [0.1, 0.15) is 34.7 Å². The number of hydrogen-bond acceptors (Lipinski definition) is 7. The van der Waals surface area contributed by atoms with Gasteiger partial charge in [0.05, 0.1) is 41.6 Å². The zero-order valence-corrected chi connectivity index (χ0v) is 19.7. The highest BCUT2D eigenvalue weighted by molar-refractivity contribution is 8.25. The van der Waals surface area contributed by atoms with E-state index >= 15 is 0 Å². The quantitative estimate of drug-likeness (QED) is 0.595. The highest BCUT2D eigenvalue weighted by Crippen LogP contribution is 2.55. The fraction of sp³-hybridized carbons (Fsp3) is 0.417. The Balaban J connectivity index is 1.54. The van der Waals surface area contributed by atoms with Gasteiger partial charge in [0.2, 0.25) is 5.91 Å². The molecule has 1 fully saturated rings. The van der Waals surface area contributed by atoms with Crippen molar-refractivity contribution in [3.05, 3.63) is 64.7 Å². The van der Waals surface area contributed by atoms with E-state index in [1.807, 2.05) is 36.4 Å². The normalized spacial score (nSPS) is 21.3. The molecule has 1 saturated heterocycles. The zero-order valence-electron chi connectivity index (χ0n) is 18.9. The second kappa shape index (κ2) is 9.33. The van der Waals surface area contributed by atoms with Crippen LogP contribution >= 0.6 is 10.8 Å². The fourth-order valence-electron chi connectivity index (χ4n) is 4.56. The van der Waals surface area contributed by atoms with Crippen molar-refractivity contribution in [3.63, 3.8) is 0 Å². The van der Waals surface area contributed by atoms with Gasteiger partial charge in [-0.05, 0) is 41.3 Å². The van der Waals surface area contributed by atoms with Crippen LogP contribution < -0.4 is 4.31 Å². The lowest BCUT2D eigenvalue weighted by Gasteiger charge is -2.35. The number of rotatable bonds is 6. The Bertz CT molecular complexity index is 1090. The van der Waals surface area contributed by atoms with E-state index in [4.69, 9.17) is 0 Å². The molecule has 3 N–H and O–H groups in total. The first-order chi connectivity index (χ1) is 15.7. The second-order valence-corrected chi connectivity index (χ2v) is 11.0. The molecule has 4 rings (SSSR count). The molecule has 2 aromatic carbocycles. The van der Waals surface area contributed by atoms with Crippen molar-refractivity contribution in [2.45, 2.75) is 30.7 Å². The summed E-state index contributed by atoms with van der Waals surface area (Å²) >= 11 is 0. The molecule has 0 aliphatic carbocycles. The van der Waals surface area contributed by atoms with Crippen LogP contribution in [0.2, 0.25) is 0 Å². The molecule has 2 atom stereocenters. The maximum atomic E-state index is 13.3. The summed E-state index contributed by atoms with van der Waals surface area (Å²) < 4.78 is 21.9. The molecule has 0 aromatic heterocycles. The largest absolute Gasteiger partial charge is 0.392 e. The number of β-amino-alcohol motifs (C(OH)–C–C–N with tert-alkyl or cyclic N) is 1. The van der Waals surface area contributed by atoms with E-state index in [0.29, 0.717) is 25.1 Å². The number of benzene rings is 2. The van der Waals surface area contributed by atoms with Gasteiger partial charge in [-0.15, -0.1) is 10.8 Å². The van der Waals surface area contributed by atoms with Gasteiger partial charge in [-0.2, -0.15) is 5.26 Å². The van der Waals surface area contributed by atoms with Crippen LogP contribution in [0.15, 0.2) is 42.5 Å². The third kappa shape index (κ3) is 5.00. The van der Waals surface area contributed by atoms with E-state index in [2.05, 4.69) is 11.0 Å². The van der Waals surface area contributed by atoms with Crippen LogP contribution in [0.25, 0.3) is 0 Å². The molecular weight excluding hydrogens is 440 g/mol. The van der Waals surface area contributed by atoms with Crippen molar-refractivity contribution in [2.75, 3.05) is 38.0 Å². The van der Waals surface area contributed by atoms with E-state index in [9.17, 15) is 24.3 Å². The zero-order chi connectivity index (χ0) is 23.8. The summed E-state index contributed by atoms with van der Waals surface area (Å²) in [4.78, 5) is 17.2. The van der Waals surface area contributed by atoms with E-state index in [1.165, 1.54) is 4.31 Å². The number of aliphatic hydroxyl groups excluding tert-OH is 1. The predicted molar refractivity (Wildman–Crippen MR) is 129 cm³/mol. The van der Waals surface area contributed by atoms with Gasteiger partial charge in [-0.25, -0.2) is 0 Å². The van der Waals surface area contributed by atoms with Gasteiger partial charge in [-0.1, -0.05) is 24.3 Å². The molecule has 2 aliphatic rings. The summed E-state index contributed by atoms with van der Waals surface area (Å²) in [6, 6.07) is 14.8. The fourth-order valence-corrected chi connectivity index (χ4v) is 5.90. The molecular formula is C24H30N4O4S. The molecule has 33 heavy (non-hydrogen) atoms. The van der Waals surface area contributed by atoms with Gasteiger partial charge < -0.3 is 10.0 Å². The van der Waals surface area contributed by atoms with E-state index < -0.39 is 10.8 Å². The van der Waals surface area contributed by atoms with Crippen molar-refractivity contribution >= 4 is 22.4 Å². The van der Waals surface area contributed by atoms with Crippen molar-refractivity contribution in [2.24, 2.45) is 0 Å². The number of hydrogen-bond donors (Lipinski definition) is 3. The van der Waals surface area contributed by atoms with Gasteiger partial charge in [0.15, 0.2) is 0 Å². The number of nitrogens with zero attached hydrogens (tertiary/aromatic N) is 4. The molecule has 0 spiro atoms. The highest BCUT2D eigenvalue weighted by Gasteiger charge is 2.32. The highest BCUT2D eigenvalue weighted by atomic mass is 32.3. The third-order valence-corrected chi connectivity index (χ3v) is 8.34. The lowest BCUT2D eigenvalue weighted by molar-refractivity contribution is -0.131. The second-order valence-electron chi connectivity index (χ2n) is 8.87. The molecule has 2 aromatic rings. The van der Waals surface area contributed by atoms with Crippen LogP contribution in [0.4, 0.5) is 5.69 Å². The number of nitriles is 1. The monoisotopic (exact) mass is 470 g/mol. The number of fused-ring (bicyclic) bond motifs is 1. The number of carbonyl (C=O) groups is 1. The molecule has 0 radical (unpaired) electrons. The number of likely N-dealkylation sites (N-methyl/N-ethyl adjacent to an activating group) is 1. The Morgan fingerprint density at radius 1 is 1.30 bits per heavy atom. The lowest BCUT2D eigenvalue weighted by atomic mass is 10.0. The number of carbonyl (C=O) groups excluding carboxylic acids is 1. The molecule has 0 bridgehead atoms. The van der Waals surface area contributed by atoms with Crippen molar-refractivity contribution in [3.8, 4) is 6.07 Å². The average Bonchev–Trinajstić information content (AvgIpc) is 3.31. The van der Waals surface area contributed by atoms with Crippen LogP contribution in [-0.4, -0.2) is 69.8 Å². The van der Waals surface area contributed by atoms with Crippen molar-refractivity contribution in [1.29, 1.82) is 5.26 Å².